The SMILES string of the molecule is Cn1c(COc2ccc(F)c(Cl)c2)nnc1SCC(=O)NCCc1ccccc1. The Bertz CT molecular complexity index is 968. The molecule has 0 radical (unpaired) electrons. The van der Waals surface area contributed by atoms with E-state index in [1.165, 1.54) is 35.5 Å². The van der Waals surface area contributed by atoms with Crippen LogP contribution in [0.4, 0.5) is 4.39 Å². The van der Waals surface area contributed by atoms with Gasteiger partial charge in [0.15, 0.2) is 11.0 Å². The summed E-state index contributed by atoms with van der Waals surface area (Å²) in [6.45, 7) is 0.733. The molecule has 2 aromatic carbocycles. The molecule has 0 unspecified atom stereocenters. The van der Waals surface area contributed by atoms with Crippen LogP contribution in [0, 0.1) is 5.82 Å². The Kier molecular flexibility index (Phi) is 7.48. The summed E-state index contributed by atoms with van der Waals surface area (Å²) in [5, 5.41) is 11.7. The molecule has 6 nitrogen and oxygen atoms in total. The van der Waals surface area contributed by atoms with Gasteiger partial charge in [0.05, 0.1) is 10.8 Å². The summed E-state index contributed by atoms with van der Waals surface area (Å²) >= 11 is 7.04. The molecule has 3 aromatic rings. The number of aromatic nitrogens is 3. The number of nitrogens with one attached hydrogen (secondary N) is 1. The Hall–Kier alpha value is -2.58. The molecule has 0 bridgehead atoms. The van der Waals surface area contributed by atoms with Gasteiger partial charge in [-0.15, -0.1) is 10.2 Å². The van der Waals surface area contributed by atoms with Crippen LogP contribution in [0.3, 0.4) is 0 Å². The number of ether oxygens (including phenoxy) is 1. The smallest absolute Gasteiger partial charge is 0.230 e. The van der Waals surface area contributed by atoms with E-state index >= 15 is 0 Å². The van der Waals surface area contributed by atoms with Gasteiger partial charge in [-0.3, -0.25) is 4.79 Å². The van der Waals surface area contributed by atoms with Crippen LogP contribution in [-0.4, -0.2) is 33.0 Å². The van der Waals surface area contributed by atoms with E-state index in [1.807, 2.05) is 30.3 Å². The number of halogens is 2. The predicted molar refractivity (Wildman–Crippen MR) is 111 cm³/mol. The zero-order valence-corrected chi connectivity index (χ0v) is 17.3. The van der Waals surface area contributed by atoms with Crippen molar-refractivity contribution in [1.82, 2.24) is 20.1 Å². The van der Waals surface area contributed by atoms with Crippen LogP contribution in [0.2, 0.25) is 5.02 Å². The quantitative estimate of drug-likeness (QED) is 0.521. The molecule has 9 heteroatoms. The summed E-state index contributed by atoms with van der Waals surface area (Å²) in [5.41, 5.74) is 1.18. The topological polar surface area (TPSA) is 69.0 Å². The molecule has 0 saturated carbocycles. The highest BCUT2D eigenvalue weighted by molar-refractivity contribution is 7.99. The molecule has 3 rings (SSSR count). The van der Waals surface area contributed by atoms with Crippen molar-refractivity contribution in [2.45, 2.75) is 18.2 Å². The number of amides is 1. The molecular weight excluding hydrogens is 415 g/mol. The van der Waals surface area contributed by atoms with Crippen LogP contribution in [0.15, 0.2) is 53.7 Å². The van der Waals surface area contributed by atoms with Crippen molar-refractivity contribution in [3.8, 4) is 5.75 Å². The summed E-state index contributed by atoms with van der Waals surface area (Å²) in [7, 11) is 1.80. The van der Waals surface area contributed by atoms with Gasteiger partial charge in [-0.2, -0.15) is 0 Å². The summed E-state index contributed by atoms with van der Waals surface area (Å²) in [4.78, 5) is 12.0. The molecule has 1 N–H and O–H groups in total. The molecule has 0 atom stereocenters. The number of carbonyl (C=O) groups is 1. The molecule has 0 fully saturated rings. The number of hydrogen-bond donors (Lipinski definition) is 1. The van der Waals surface area contributed by atoms with Crippen molar-refractivity contribution in [3.05, 3.63) is 70.8 Å². The highest BCUT2D eigenvalue weighted by Gasteiger charge is 2.12. The first-order valence-corrected chi connectivity index (χ1v) is 10.3. The van der Waals surface area contributed by atoms with Gasteiger partial charge in [-0.1, -0.05) is 53.7 Å². The van der Waals surface area contributed by atoms with Gasteiger partial charge >= 0.3 is 0 Å². The van der Waals surface area contributed by atoms with Crippen LogP contribution in [0.25, 0.3) is 0 Å². The third-order valence-corrected chi connectivity index (χ3v) is 5.40. The molecule has 1 amide bonds. The van der Waals surface area contributed by atoms with E-state index < -0.39 is 5.82 Å². The standard InChI is InChI=1S/C20H20ClFN4O2S/c1-26-18(12-28-15-7-8-17(22)16(21)11-15)24-25-20(26)29-13-19(27)23-10-9-14-5-3-2-4-6-14/h2-8,11H,9-10,12-13H2,1H3,(H,23,27). The van der Waals surface area contributed by atoms with E-state index in [-0.39, 0.29) is 23.3 Å². The number of benzene rings is 2. The van der Waals surface area contributed by atoms with E-state index in [4.69, 9.17) is 16.3 Å². The molecule has 1 heterocycles. The lowest BCUT2D eigenvalue weighted by atomic mass is 10.1. The molecule has 0 aliphatic carbocycles. The van der Waals surface area contributed by atoms with Crippen LogP contribution in [0.1, 0.15) is 11.4 Å². The minimum Gasteiger partial charge on any atom is -0.486 e. The van der Waals surface area contributed by atoms with E-state index in [0.717, 1.165) is 6.42 Å². The maximum absolute atomic E-state index is 13.2. The first-order chi connectivity index (χ1) is 14.0. The zero-order chi connectivity index (χ0) is 20.6. The van der Waals surface area contributed by atoms with Crippen molar-refractivity contribution in [2.24, 2.45) is 7.05 Å². The minimum atomic E-state index is -0.501. The summed E-state index contributed by atoms with van der Waals surface area (Å²) in [5.74, 6) is 0.699. The van der Waals surface area contributed by atoms with E-state index in [2.05, 4.69) is 15.5 Å². The van der Waals surface area contributed by atoms with E-state index in [1.54, 1.807) is 11.6 Å². The highest BCUT2D eigenvalue weighted by atomic mass is 35.5. The van der Waals surface area contributed by atoms with Gasteiger partial charge in [0.2, 0.25) is 5.91 Å². The van der Waals surface area contributed by atoms with Gasteiger partial charge in [0.25, 0.3) is 0 Å². The van der Waals surface area contributed by atoms with E-state index in [9.17, 15) is 9.18 Å². The lowest BCUT2D eigenvalue weighted by Crippen LogP contribution is -2.27. The van der Waals surface area contributed by atoms with Crippen LogP contribution >= 0.6 is 23.4 Å². The maximum Gasteiger partial charge on any atom is 0.230 e. The molecule has 0 spiro atoms. The predicted octanol–water partition coefficient (Wildman–Crippen LogP) is 3.64. The Labute approximate surface area is 177 Å². The number of hydrogen-bond acceptors (Lipinski definition) is 5. The first-order valence-electron chi connectivity index (χ1n) is 8.92. The second kappa shape index (κ2) is 10.3. The highest BCUT2D eigenvalue weighted by Crippen LogP contribution is 2.22. The largest absolute Gasteiger partial charge is 0.486 e. The Morgan fingerprint density at radius 3 is 2.79 bits per heavy atom. The van der Waals surface area contributed by atoms with Crippen molar-refractivity contribution in [3.63, 3.8) is 0 Å². The number of rotatable bonds is 9. The van der Waals surface area contributed by atoms with Crippen LogP contribution < -0.4 is 10.1 Å². The third kappa shape index (κ3) is 6.20. The van der Waals surface area contributed by atoms with Crippen LogP contribution in [0.5, 0.6) is 5.75 Å². The number of nitrogens with zero attached hydrogens (tertiary/aromatic N) is 3. The van der Waals surface area contributed by atoms with Crippen LogP contribution in [-0.2, 0) is 24.9 Å². The first kappa shape index (κ1) is 21.1. The Balaban J connectivity index is 1.44. The molecule has 0 aliphatic rings. The molecule has 1 aromatic heterocycles. The molecule has 152 valence electrons. The fourth-order valence-electron chi connectivity index (χ4n) is 2.48. The maximum atomic E-state index is 13.2. The van der Waals surface area contributed by atoms with Gasteiger partial charge in [-0.25, -0.2) is 4.39 Å². The Morgan fingerprint density at radius 1 is 1.24 bits per heavy atom. The second-order valence-electron chi connectivity index (χ2n) is 6.20. The summed E-state index contributed by atoms with van der Waals surface area (Å²) in [6.07, 6.45) is 0.788. The minimum absolute atomic E-state index is 0.00464. The van der Waals surface area contributed by atoms with Gasteiger partial charge < -0.3 is 14.6 Å². The monoisotopic (exact) mass is 434 g/mol. The van der Waals surface area contributed by atoms with Crippen molar-refractivity contribution in [2.75, 3.05) is 12.3 Å². The fourth-order valence-corrected chi connectivity index (χ4v) is 3.41. The van der Waals surface area contributed by atoms with Gasteiger partial charge in [0, 0.05) is 19.7 Å². The fraction of sp³-hybridized carbons (Fsp3) is 0.250. The average Bonchev–Trinajstić information content (AvgIpc) is 3.07. The summed E-state index contributed by atoms with van der Waals surface area (Å²) < 4.78 is 20.5. The van der Waals surface area contributed by atoms with Crippen molar-refractivity contribution < 1.29 is 13.9 Å². The average molecular weight is 435 g/mol. The number of thioether (sulfide) groups is 1. The summed E-state index contributed by atoms with van der Waals surface area (Å²) in [6, 6.07) is 14.1. The lowest BCUT2D eigenvalue weighted by Gasteiger charge is -2.07. The third-order valence-electron chi connectivity index (χ3n) is 4.10. The molecular formula is C20H20ClFN4O2S. The zero-order valence-electron chi connectivity index (χ0n) is 15.8. The second-order valence-corrected chi connectivity index (χ2v) is 7.55. The van der Waals surface area contributed by atoms with E-state index in [0.29, 0.717) is 23.3 Å². The van der Waals surface area contributed by atoms with Gasteiger partial charge in [0.1, 0.15) is 18.2 Å². The molecule has 0 saturated heterocycles. The Morgan fingerprint density at radius 2 is 2.03 bits per heavy atom. The molecule has 29 heavy (non-hydrogen) atoms. The van der Waals surface area contributed by atoms with Crippen molar-refractivity contribution in [1.29, 1.82) is 0 Å². The lowest BCUT2D eigenvalue weighted by molar-refractivity contribution is -0.118. The number of carbonyl (C=O) groups excluding carboxylic acids is 1. The normalized spacial score (nSPS) is 10.7. The van der Waals surface area contributed by atoms with Gasteiger partial charge in [-0.05, 0) is 24.1 Å². The molecule has 0 aliphatic heterocycles. The van der Waals surface area contributed by atoms with Crippen molar-refractivity contribution >= 4 is 29.3 Å².